The SMILES string of the molecule is C=C(C)C(=O)OCCOCCOCCOc1cc(=S)n(CC)c2ccccc12. The maximum atomic E-state index is 11.2. The summed E-state index contributed by atoms with van der Waals surface area (Å²) >= 11 is 5.47. The van der Waals surface area contributed by atoms with Crippen LogP contribution in [0, 0.1) is 4.64 Å². The maximum absolute atomic E-state index is 11.2. The van der Waals surface area contributed by atoms with Gasteiger partial charge in [0, 0.05) is 23.6 Å². The lowest BCUT2D eigenvalue weighted by atomic mass is 10.2. The lowest BCUT2D eigenvalue weighted by Crippen LogP contribution is -2.14. The van der Waals surface area contributed by atoms with Gasteiger partial charge in [-0.3, -0.25) is 0 Å². The molecule has 0 saturated carbocycles. The highest BCUT2D eigenvalue weighted by molar-refractivity contribution is 7.71. The molecule has 1 aromatic carbocycles. The molecule has 1 aromatic heterocycles. The van der Waals surface area contributed by atoms with Crippen molar-refractivity contribution in [2.45, 2.75) is 20.4 Å². The fourth-order valence-corrected chi connectivity index (χ4v) is 2.93. The number of aryl methyl sites for hydroxylation is 1. The van der Waals surface area contributed by atoms with Gasteiger partial charge in [0.1, 0.15) is 23.6 Å². The van der Waals surface area contributed by atoms with Gasteiger partial charge in [-0.2, -0.15) is 0 Å². The van der Waals surface area contributed by atoms with Crippen LogP contribution in [0.2, 0.25) is 0 Å². The Morgan fingerprint density at radius 1 is 1.07 bits per heavy atom. The van der Waals surface area contributed by atoms with Crippen LogP contribution >= 0.6 is 12.2 Å². The van der Waals surface area contributed by atoms with E-state index in [1.165, 1.54) is 0 Å². The summed E-state index contributed by atoms with van der Waals surface area (Å²) in [4.78, 5) is 11.2. The Morgan fingerprint density at radius 2 is 1.71 bits per heavy atom. The standard InChI is InChI=1S/C21H27NO5S/c1-4-22-18-8-6-5-7-17(18)19(15-20(22)28)26-13-11-24-9-10-25-12-14-27-21(23)16(2)3/h5-8,15H,2,4,9-14H2,1,3H3. The number of hydrogen-bond donors (Lipinski definition) is 0. The molecule has 0 bridgehead atoms. The monoisotopic (exact) mass is 405 g/mol. The fourth-order valence-electron chi connectivity index (χ4n) is 2.60. The van der Waals surface area contributed by atoms with Gasteiger partial charge in [-0.05, 0) is 26.0 Å². The zero-order valence-electron chi connectivity index (χ0n) is 16.4. The second-order valence-corrected chi connectivity index (χ2v) is 6.52. The van der Waals surface area contributed by atoms with Gasteiger partial charge in [0.2, 0.25) is 0 Å². The minimum atomic E-state index is -0.405. The minimum Gasteiger partial charge on any atom is -0.490 e. The third kappa shape index (κ3) is 6.44. The second-order valence-electron chi connectivity index (χ2n) is 6.10. The Labute approximate surface area is 170 Å². The summed E-state index contributed by atoms with van der Waals surface area (Å²) in [6, 6.07) is 9.94. The Morgan fingerprint density at radius 3 is 2.39 bits per heavy atom. The van der Waals surface area contributed by atoms with Crippen molar-refractivity contribution in [1.29, 1.82) is 0 Å². The summed E-state index contributed by atoms with van der Waals surface area (Å²) in [6.07, 6.45) is 0. The van der Waals surface area contributed by atoms with Gasteiger partial charge in [-0.1, -0.05) is 30.9 Å². The molecule has 0 aliphatic rings. The zero-order chi connectivity index (χ0) is 20.4. The van der Waals surface area contributed by atoms with E-state index >= 15 is 0 Å². The molecule has 0 unspecified atom stereocenters. The predicted octanol–water partition coefficient (Wildman–Crippen LogP) is 3.92. The molecular formula is C21H27NO5S. The third-order valence-corrected chi connectivity index (χ3v) is 4.30. The van der Waals surface area contributed by atoms with Crippen molar-refractivity contribution < 1.29 is 23.7 Å². The average molecular weight is 406 g/mol. The van der Waals surface area contributed by atoms with Crippen LogP contribution in [-0.2, 0) is 25.5 Å². The molecule has 0 N–H and O–H groups in total. The molecule has 0 aliphatic heterocycles. The van der Waals surface area contributed by atoms with Crippen molar-refractivity contribution in [2.24, 2.45) is 0 Å². The average Bonchev–Trinajstić information content (AvgIpc) is 2.69. The molecular weight excluding hydrogens is 378 g/mol. The largest absolute Gasteiger partial charge is 0.490 e. The smallest absolute Gasteiger partial charge is 0.333 e. The number of fused-ring (bicyclic) bond motifs is 1. The van der Waals surface area contributed by atoms with E-state index in [1.807, 2.05) is 30.3 Å². The molecule has 6 nitrogen and oxygen atoms in total. The number of esters is 1. The Hall–Kier alpha value is -2.22. The van der Waals surface area contributed by atoms with Gasteiger partial charge in [0.05, 0.1) is 31.9 Å². The second kappa shape index (κ2) is 11.6. The molecule has 1 heterocycles. The number of hydrogen-bond acceptors (Lipinski definition) is 6. The Bertz CT molecular complexity index is 861. The number of pyridine rings is 1. The normalized spacial score (nSPS) is 10.8. The van der Waals surface area contributed by atoms with E-state index in [0.29, 0.717) is 38.6 Å². The molecule has 0 amide bonds. The molecule has 152 valence electrons. The highest BCUT2D eigenvalue weighted by Gasteiger charge is 2.07. The van der Waals surface area contributed by atoms with E-state index in [4.69, 9.17) is 31.2 Å². The zero-order valence-corrected chi connectivity index (χ0v) is 17.3. The van der Waals surface area contributed by atoms with Gasteiger partial charge in [-0.25, -0.2) is 4.79 Å². The molecule has 0 spiro atoms. The quantitative estimate of drug-likeness (QED) is 0.231. The van der Waals surface area contributed by atoms with Gasteiger partial charge in [0.15, 0.2) is 0 Å². The summed E-state index contributed by atoms with van der Waals surface area (Å²) in [5.41, 5.74) is 1.44. The van der Waals surface area contributed by atoms with E-state index in [9.17, 15) is 4.79 Å². The number of carbonyl (C=O) groups is 1. The molecule has 2 rings (SSSR count). The van der Waals surface area contributed by atoms with Gasteiger partial charge >= 0.3 is 5.97 Å². The fraction of sp³-hybridized carbons (Fsp3) is 0.429. The molecule has 28 heavy (non-hydrogen) atoms. The minimum absolute atomic E-state index is 0.205. The van der Waals surface area contributed by atoms with Crippen molar-refractivity contribution in [3.63, 3.8) is 0 Å². The van der Waals surface area contributed by atoms with Crippen LogP contribution in [0.3, 0.4) is 0 Å². The number of nitrogens with zero attached hydrogens (tertiary/aromatic N) is 1. The van der Waals surface area contributed by atoms with Crippen LogP contribution in [0.1, 0.15) is 13.8 Å². The van der Waals surface area contributed by atoms with Gasteiger partial charge < -0.3 is 23.5 Å². The lowest BCUT2D eigenvalue weighted by Gasteiger charge is -2.14. The van der Waals surface area contributed by atoms with Crippen LogP contribution in [0.25, 0.3) is 10.9 Å². The van der Waals surface area contributed by atoms with E-state index in [2.05, 4.69) is 18.1 Å². The number of rotatable bonds is 12. The molecule has 7 heteroatoms. The highest BCUT2D eigenvalue weighted by atomic mass is 32.1. The summed E-state index contributed by atoms with van der Waals surface area (Å²) in [5, 5.41) is 1.03. The van der Waals surface area contributed by atoms with E-state index in [1.54, 1.807) is 6.92 Å². The first-order chi connectivity index (χ1) is 13.5. The third-order valence-electron chi connectivity index (χ3n) is 3.96. The summed E-state index contributed by atoms with van der Waals surface area (Å²) in [5.74, 6) is 0.363. The summed E-state index contributed by atoms with van der Waals surface area (Å²) in [7, 11) is 0. The number of benzene rings is 1. The van der Waals surface area contributed by atoms with Gasteiger partial charge in [0.25, 0.3) is 0 Å². The highest BCUT2D eigenvalue weighted by Crippen LogP contribution is 2.26. The van der Waals surface area contributed by atoms with Crippen LogP contribution < -0.4 is 4.74 Å². The predicted molar refractivity (Wildman–Crippen MR) is 111 cm³/mol. The number of para-hydroxylation sites is 1. The van der Waals surface area contributed by atoms with Crippen LogP contribution in [0.15, 0.2) is 42.5 Å². The van der Waals surface area contributed by atoms with E-state index in [0.717, 1.165) is 27.8 Å². The molecule has 0 radical (unpaired) electrons. The van der Waals surface area contributed by atoms with Crippen molar-refractivity contribution >= 4 is 29.1 Å². The van der Waals surface area contributed by atoms with Crippen molar-refractivity contribution in [3.8, 4) is 5.75 Å². The Kier molecular flexibility index (Phi) is 9.13. The van der Waals surface area contributed by atoms with Crippen molar-refractivity contribution in [2.75, 3.05) is 39.6 Å². The van der Waals surface area contributed by atoms with Gasteiger partial charge in [-0.15, -0.1) is 0 Å². The van der Waals surface area contributed by atoms with Crippen molar-refractivity contribution in [1.82, 2.24) is 4.57 Å². The van der Waals surface area contributed by atoms with Crippen molar-refractivity contribution in [3.05, 3.63) is 47.1 Å². The summed E-state index contributed by atoms with van der Waals surface area (Å²) in [6.45, 7) is 10.3. The first-order valence-electron chi connectivity index (χ1n) is 9.28. The van der Waals surface area contributed by atoms with Crippen LogP contribution in [0.4, 0.5) is 0 Å². The Balaban J connectivity index is 1.67. The first kappa shape index (κ1) is 22.1. The molecule has 0 saturated heterocycles. The number of carbonyl (C=O) groups excluding carboxylic acids is 1. The lowest BCUT2D eigenvalue weighted by molar-refractivity contribution is -0.140. The maximum Gasteiger partial charge on any atom is 0.333 e. The van der Waals surface area contributed by atoms with E-state index in [-0.39, 0.29) is 6.61 Å². The van der Waals surface area contributed by atoms with Crippen LogP contribution in [-0.4, -0.2) is 50.2 Å². The molecule has 0 atom stereocenters. The van der Waals surface area contributed by atoms with Crippen LogP contribution in [0.5, 0.6) is 5.75 Å². The molecule has 0 aliphatic carbocycles. The molecule has 2 aromatic rings. The first-order valence-corrected chi connectivity index (χ1v) is 9.69. The summed E-state index contributed by atoms with van der Waals surface area (Å²) < 4.78 is 24.5. The molecule has 0 fully saturated rings. The number of ether oxygens (including phenoxy) is 4. The number of aromatic nitrogens is 1. The topological polar surface area (TPSA) is 58.9 Å². The van der Waals surface area contributed by atoms with E-state index < -0.39 is 5.97 Å².